The molecule has 0 amide bonds. The fourth-order valence-electron chi connectivity index (χ4n) is 1.43. The van der Waals surface area contributed by atoms with Gasteiger partial charge in [-0.15, -0.1) is 0 Å². The van der Waals surface area contributed by atoms with Crippen LogP contribution >= 0.6 is 0 Å². The first-order valence-electron chi connectivity index (χ1n) is 5.96. The summed E-state index contributed by atoms with van der Waals surface area (Å²) in [5.74, 6) is 0. The van der Waals surface area contributed by atoms with Crippen LogP contribution in [0.2, 0.25) is 0 Å². The smallest absolute Gasteiger partial charge is 0.0717 e. The van der Waals surface area contributed by atoms with Gasteiger partial charge in [-0.1, -0.05) is 30.3 Å². The lowest BCUT2D eigenvalue weighted by molar-refractivity contribution is 0.123. The zero-order valence-corrected chi connectivity index (χ0v) is 9.82. The quantitative estimate of drug-likeness (QED) is 0.623. The van der Waals surface area contributed by atoms with E-state index in [1.54, 1.807) is 0 Å². The van der Waals surface area contributed by atoms with Crippen LogP contribution in [0.5, 0.6) is 0 Å². The molecule has 0 saturated heterocycles. The highest BCUT2D eigenvalue weighted by Crippen LogP contribution is 1.99. The van der Waals surface area contributed by atoms with Crippen molar-refractivity contribution in [1.29, 1.82) is 0 Å². The van der Waals surface area contributed by atoms with Crippen LogP contribution in [0.4, 0.5) is 0 Å². The van der Waals surface area contributed by atoms with Gasteiger partial charge in [-0.2, -0.15) is 0 Å². The number of ether oxygens (including phenoxy) is 1. The van der Waals surface area contributed by atoms with E-state index in [1.807, 2.05) is 18.2 Å². The van der Waals surface area contributed by atoms with Gasteiger partial charge in [0, 0.05) is 6.54 Å². The van der Waals surface area contributed by atoms with Gasteiger partial charge < -0.3 is 15.8 Å². The fourth-order valence-corrected chi connectivity index (χ4v) is 1.43. The van der Waals surface area contributed by atoms with E-state index < -0.39 is 0 Å². The molecule has 0 saturated carbocycles. The van der Waals surface area contributed by atoms with Crippen LogP contribution in [0.1, 0.15) is 18.4 Å². The highest BCUT2D eigenvalue weighted by Gasteiger charge is 1.91. The molecule has 0 fully saturated rings. The van der Waals surface area contributed by atoms with E-state index in [9.17, 15) is 0 Å². The molecule has 1 aromatic rings. The zero-order chi connectivity index (χ0) is 11.5. The van der Waals surface area contributed by atoms with Crippen molar-refractivity contribution in [3.05, 3.63) is 35.9 Å². The van der Waals surface area contributed by atoms with Gasteiger partial charge in [-0.25, -0.2) is 0 Å². The van der Waals surface area contributed by atoms with Gasteiger partial charge in [-0.05, 0) is 31.5 Å². The molecule has 0 unspecified atom stereocenters. The van der Waals surface area contributed by atoms with Gasteiger partial charge in [0.25, 0.3) is 0 Å². The minimum atomic E-state index is 0.700. The average molecular weight is 222 g/mol. The molecule has 1 rings (SSSR count). The average Bonchev–Trinajstić information content (AvgIpc) is 2.34. The van der Waals surface area contributed by atoms with Crippen LogP contribution in [0, 0.1) is 0 Å². The number of rotatable bonds is 9. The third-order valence-corrected chi connectivity index (χ3v) is 2.34. The second kappa shape index (κ2) is 9.33. The number of benzene rings is 1. The monoisotopic (exact) mass is 222 g/mol. The maximum absolute atomic E-state index is 5.54. The van der Waals surface area contributed by atoms with Crippen molar-refractivity contribution < 1.29 is 4.74 Å². The Hall–Kier alpha value is -0.900. The Bertz CT molecular complexity index is 251. The Morgan fingerprint density at radius 2 is 1.88 bits per heavy atom. The van der Waals surface area contributed by atoms with E-state index in [2.05, 4.69) is 17.4 Å². The van der Waals surface area contributed by atoms with Crippen molar-refractivity contribution in [3.8, 4) is 0 Å². The zero-order valence-electron chi connectivity index (χ0n) is 9.82. The molecule has 0 aromatic heterocycles. The molecule has 0 spiro atoms. The number of unbranched alkanes of at least 4 members (excludes halogenated alkanes) is 1. The Kier molecular flexibility index (Phi) is 7.68. The minimum Gasteiger partial charge on any atom is -0.375 e. The van der Waals surface area contributed by atoms with Crippen molar-refractivity contribution in [2.75, 3.05) is 26.2 Å². The molecule has 3 N–H and O–H groups in total. The molecule has 3 nitrogen and oxygen atoms in total. The number of hydrogen-bond donors (Lipinski definition) is 2. The summed E-state index contributed by atoms with van der Waals surface area (Å²) in [6, 6.07) is 10.2. The summed E-state index contributed by atoms with van der Waals surface area (Å²) in [5, 5.41) is 3.33. The lowest BCUT2D eigenvalue weighted by Gasteiger charge is -2.05. The third kappa shape index (κ3) is 6.56. The van der Waals surface area contributed by atoms with Crippen LogP contribution < -0.4 is 11.1 Å². The molecular weight excluding hydrogens is 200 g/mol. The number of hydrogen-bond acceptors (Lipinski definition) is 3. The molecule has 0 heterocycles. The molecule has 0 radical (unpaired) electrons. The van der Waals surface area contributed by atoms with Gasteiger partial charge in [0.15, 0.2) is 0 Å². The van der Waals surface area contributed by atoms with Crippen molar-refractivity contribution in [2.24, 2.45) is 5.73 Å². The molecule has 90 valence electrons. The second-order valence-electron chi connectivity index (χ2n) is 3.78. The summed E-state index contributed by atoms with van der Waals surface area (Å²) in [5.41, 5.74) is 6.63. The molecule has 0 aliphatic heterocycles. The van der Waals surface area contributed by atoms with E-state index in [0.29, 0.717) is 6.61 Å². The molecule has 3 heteroatoms. The standard InChI is InChI=1S/C13H22N2O/c14-8-4-5-9-15-10-11-16-12-13-6-2-1-3-7-13/h1-3,6-7,15H,4-5,8-12,14H2. The van der Waals surface area contributed by atoms with Crippen molar-refractivity contribution in [1.82, 2.24) is 5.32 Å². The third-order valence-electron chi connectivity index (χ3n) is 2.34. The van der Waals surface area contributed by atoms with Gasteiger partial charge in [-0.3, -0.25) is 0 Å². The summed E-state index contributed by atoms with van der Waals surface area (Å²) in [6.07, 6.45) is 2.24. The first-order valence-corrected chi connectivity index (χ1v) is 5.96. The maximum Gasteiger partial charge on any atom is 0.0717 e. The van der Waals surface area contributed by atoms with Crippen molar-refractivity contribution in [3.63, 3.8) is 0 Å². The second-order valence-corrected chi connectivity index (χ2v) is 3.78. The largest absolute Gasteiger partial charge is 0.375 e. The van der Waals surface area contributed by atoms with Gasteiger partial charge in [0.05, 0.1) is 13.2 Å². The van der Waals surface area contributed by atoms with E-state index >= 15 is 0 Å². The van der Waals surface area contributed by atoms with Crippen LogP contribution in [0.15, 0.2) is 30.3 Å². The highest BCUT2D eigenvalue weighted by atomic mass is 16.5. The topological polar surface area (TPSA) is 47.3 Å². The van der Waals surface area contributed by atoms with E-state index in [0.717, 1.165) is 39.1 Å². The van der Waals surface area contributed by atoms with E-state index in [-0.39, 0.29) is 0 Å². The van der Waals surface area contributed by atoms with Gasteiger partial charge in [0.1, 0.15) is 0 Å². The molecule has 0 aliphatic carbocycles. The van der Waals surface area contributed by atoms with Crippen molar-refractivity contribution >= 4 is 0 Å². The van der Waals surface area contributed by atoms with E-state index in [1.165, 1.54) is 5.56 Å². The number of nitrogens with two attached hydrogens (primary N) is 1. The van der Waals surface area contributed by atoms with Crippen molar-refractivity contribution in [2.45, 2.75) is 19.4 Å². The first kappa shape index (κ1) is 13.2. The number of nitrogens with one attached hydrogen (secondary N) is 1. The lowest BCUT2D eigenvalue weighted by atomic mass is 10.2. The minimum absolute atomic E-state index is 0.700. The normalized spacial score (nSPS) is 10.6. The van der Waals surface area contributed by atoms with E-state index in [4.69, 9.17) is 10.5 Å². The van der Waals surface area contributed by atoms with Crippen LogP contribution in [-0.2, 0) is 11.3 Å². The fraction of sp³-hybridized carbons (Fsp3) is 0.538. The maximum atomic E-state index is 5.54. The Labute approximate surface area is 98.0 Å². The van der Waals surface area contributed by atoms with Crippen LogP contribution in [0.3, 0.4) is 0 Å². The predicted molar refractivity (Wildman–Crippen MR) is 67.3 cm³/mol. The lowest BCUT2D eigenvalue weighted by Crippen LogP contribution is -2.21. The Morgan fingerprint density at radius 3 is 2.62 bits per heavy atom. The molecular formula is C13H22N2O. The first-order chi connectivity index (χ1) is 7.93. The summed E-state index contributed by atoms with van der Waals surface area (Å²) >= 11 is 0. The molecule has 1 aromatic carbocycles. The van der Waals surface area contributed by atoms with Crippen LogP contribution in [-0.4, -0.2) is 26.2 Å². The Morgan fingerprint density at radius 1 is 1.06 bits per heavy atom. The SMILES string of the molecule is NCCCCNCCOCc1ccccc1. The summed E-state index contributed by atoms with van der Waals surface area (Å²) in [7, 11) is 0. The summed E-state index contributed by atoms with van der Waals surface area (Å²) < 4.78 is 5.54. The van der Waals surface area contributed by atoms with Crippen LogP contribution in [0.25, 0.3) is 0 Å². The van der Waals surface area contributed by atoms with Gasteiger partial charge >= 0.3 is 0 Å². The predicted octanol–water partition coefficient (Wildman–Crippen LogP) is 1.53. The molecule has 0 bridgehead atoms. The Balaban J connectivity index is 1.89. The van der Waals surface area contributed by atoms with Gasteiger partial charge in [0.2, 0.25) is 0 Å². The summed E-state index contributed by atoms with van der Waals surface area (Å²) in [4.78, 5) is 0. The molecule has 0 atom stereocenters. The summed E-state index contributed by atoms with van der Waals surface area (Å²) in [6.45, 7) is 4.19. The highest BCUT2D eigenvalue weighted by molar-refractivity contribution is 5.13. The molecule has 0 aliphatic rings. The molecule has 16 heavy (non-hydrogen) atoms.